The Labute approximate surface area is 150 Å². The molecular weight excluding hydrogens is 328 g/mol. The number of imidazole rings is 1. The van der Waals surface area contributed by atoms with Gasteiger partial charge in [0.25, 0.3) is 0 Å². The Kier molecular flexibility index (Phi) is 5.20. The Hall–Kier alpha value is -3.72. The Morgan fingerprint density at radius 3 is 2.46 bits per heavy atom. The number of nitrogens with zero attached hydrogens (tertiary/aromatic N) is 3. The average Bonchev–Trinajstić information content (AvgIpc) is 3.22. The number of carbonyl (C=O) groups excluding carboxylic acids is 2. The molecule has 0 saturated carbocycles. The zero-order valence-corrected chi connectivity index (χ0v) is 13.9. The van der Waals surface area contributed by atoms with Crippen molar-refractivity contribution >= 4 is 11.7 Å². The lowest BCUT2D eigenvalue weighted by Crippen LogP contribution is -2.34. The highest BCUT2D eigenvalue weighted by atomic mass is 16.2. The lowest BCUT2D eigenvalue weighted by Gasteiger charge is -2.10. The van der Waals surface area contributed by atoms with E-state index in [1.54, 1.807) is 53.6 Å². The zero-order chi connectivity index (χ0) is 18.4. The van der Waals surface area contributed by atoms with Crippen molar-refractivity contribution in [3.8, 4) is 11.8 Å². The van der Waals surface area contributed by atoms with E-state index in [4.69, 9.17) is 0 Å². The second-order valence-corrected chi connectivity index (χ2v) is 5.65. The van der Waals surface area contributed by atoms with Gasteiger partial charge in [0.15, 0.2) is 11.7 Å². The van der Waals surface area contributed by atoms with E-state index in [2.05, 4.69) is 10.3 Å². The van der Waals surface area contributed by atoms with Gasteiger partial charge in [-0.05, 0) is 29.8 Å². The summed E-state index contributed by atoms with van der Waals surface area (Å²) in [6, 6.07) is 17.8. The molecule has 128 valence electrons. The molecular formula is C20H16N4O2. The van der Waals surface area contributed by atoms with Crippen LogP contribution in [0.2, 0.25) is 0 Å². The van der Waals surface area contributed by atoms with Crippen molar-refractivity contribution in [2.75, 3.05) is 0 Å². The van der Waals surface area contributed by atoms with E-state index in [0.717, 1.165) is 11.3 Å². The molecule has 0 spiro atoms. The van der Waals surface area contributed by atoms with E-state index in [9.17, 15) is 14.9 Å². The van der Waals surface area contributed by atoms with Crippen molar-refractivity contribution in [2.45, 2.75) is 6.54 Å². The smallest absolute Gasteiger partial charge is 0.245 e. The SMILES string of the molecule is N#C[C@H](C(=O)NCc1ccccc1)C(=O)c1ccc(-n2ccnc2)cc1. The fourth-order valence-corrected chi connectivity index (χ4v) is 2.50. The maximum Gasteiger partial charge on any atom is 0.245 e. The highest BCUT2D eigenvalue weighted by molar-refractivity contribution is 6.12. The molecule has 0 aliphatic rings. The summed E-state index contributed by atoms with van der Waals surface area (Å²) in [5.74, 6) is -2.49. The Balaban J connectivity index is 1.68. The molecule has 26 heavy (non-hydrogen) atoms. The van der Waals surface area contributed by atoms with Crippen molar-refractivity contribution in [3.05, 3.63) is 84.4 Å². The van der Waals surface area contributed by atoms with E-state index >= 15 is 0 Å². The second kappa shape index (κ2) is 7.90. The molecule has 0 radical (unpaired) electrons. The van der Waals surface area contributed by atoms with Crippen LogP contribution in [0.1, 0.15) is 15.9 Å². The van der Waals surface area contributed by atoms with Crippen molar-refractivity contribution in [1.29, 1.82) is 5.26 Å². The molecule has 1 amide bonds. The molecule has 1 heterocycles. The summed E-state index contributed by atoms with van der Waals surface area (Å²) in [7, 11) is 0. The topological polar surface area (TPSA) is 87.8 Å². The first kappa shape index (κ1) is 17.1. The maximum absolute atomic E-state index is 12.5. The number of amides is 1. The second-order valence-electron chi connectivity index (χ2n) is 5.65. The van der Waals surface area contributed by atoms with Gasteiger partial charge in [0, 0.05) is 30.2 Å². The minimum Gasteiger partial charge on any atom is -0.350 e. The maximum atomic E-state index is 12.5. The van der Waals surface area contributed by atoms with Gasteiger partial charge in [-0.1, -0.05) is 30.3 Å². The van der Waals surface area contributed by atoms with E-state index in [1.807, 2.05) is 30.3 Å². The highest BCUT2D eigenvalue weighted by Crippen LogP contribution is 2.14. The van der Waals surface area contributed by atoms with Crippen molar-refractivity contribution in [2.24, 2.45) is 5.92 Å². The Morgan fingerprint density at radius 2 is 1.85 bits per heavy atom. The van der Waals surface area contributed by atoms with Crippen LogP contribution in [0.25, 0.3) is 5.69 Å². The van der Waals surface area contributed by atoms with Crippen LogP contribution in [-0.4, -0.2) is 21.2 Å². The average molecular weight is 344 g/mol. The highest BCUT2D eigenvalue weighted by Gasteiger charge is 2.27. The van der Waals surface area contributed by atoms with Crippen molar-refractivity contribution < 1.29 is 9.59 Å². The summed E-state index contributed by atoms with van der Waals surface area (Å²) in [4.78, 5) is 28.7. The van der Waals surface area contributed by atoms with Crippen LogP contribution in [0.3, 0.4) is 0 Å². The Morgan fingerprint density at radius 1 is 1.12 bits per heavy atom. The van der Waals surface area contributed by atoms with Gasteiger partial charge in [-0.2, -0.15) is 5.26 Å². The number of aromatic nitrogens is 2. The standard InChI is InChI=1S/C20H16N4O2/c21-12-18(20(26)23-13-15-4-2-1-3-5-15)19(25)16-6-8-17(9-7-16)24-11-10-22-14-24/h1-11,14,18H,13H2,(H,23,26)/t18-/m0/s1. The molecule has 2 aromatic carbocycles. The normalized spacial score (nSPS) is 11.3. The van der Waals surface area contributed by atoms with Gasteiger partial charge in [-0.25, -0.2) is 4.98 Å². The number of benzene rings is 2. The van der Waals surface area contributed by atoms with Crippen LogP contribution in [-0.2, 0) is 11.3 Å². The lowest BCUT2D eigenvalue weighted by molar-refractivity contribution is -0.122. The lowest BCUT2D eigenvalue weighted by atomic mass is 9.97. The number of nitriles is 1. The van der Waals surface area contributed by atoms with E-state index < -0.39 is 17.6 Å². The molecule has 0 fully saturated rings. The zero-order valence-electron chi connectivity index (χ0n) is 13.9. The minimum absolute atomic E-state index is 0.269. The van der Waals surface area contributed by atoms with Crippen LogP contribution in [0.15, 0.2) is 73.3 Å². The predicted octanol–water partition coefficient (Wildman–Crippen LogP) is 2.51. The fourth-order valence-electron chi connectivity index (χ4n) is 2.50. The quantitative estimate of drug-likeness (QED) is 0.550. The third-order valence-electron chi connectivity index (χ3n) is 3.92. The fraction of sp³-hybridized carbons (Fsp3) is 0.100. The first-order chi connectivity index (χ1) is 12.7. The van der Waals surface area contributed by atoms with Crippen LogP contribution >= 0.6 is 0 Å². The summed E-state index contributed by atoms with van der Waals surface area (Å²) < 4.78 is 1.79. The molecule has 0 saturated heterocycles. The number of ketones is 1. The minimum atomic E-state index is -1.38. The van der Waals surface area contributed by atoms with Crippen molar-refractivity contribution in [1.82, 2.24) is 14.9 Å². The monoisotopic (exact) mass is 344 g/mol. The first-order valence-electron chi connectivity index (χ1n) is 8.03. The van der Waals surface area contributed by atoms with Crippen molar-refractivity contribution in [3.63, 3.8) is 0 Å². The molecule has 0 aliphatic carbocycles. The molecule has 1 N–H and O–H groups in total. The van der Waals surface area contributed by atoms with Gasteiger partial charge in [-0.15, -0.1) is 0 Å². The summed E-state index contributed by atoms with van der Waals surface area (Å²) >= 11 is 0. The molecule has 3 rings (SSSR count). The summed E-state index contributed by atoms with van der Waals surface area (Å²) in [6.45, 7) is 0.269. The molecule has 0 unspecified atom stereocenters. The summed E-state index contributed by atoms with van der Waals surface area (Å²) in [5, 5.41) is 11.9. The van der Waals surface area contributed by atoms with E-state index in [1.165, 1.54) is 0 Å². The molecule has 1 atom stereocenters. The molecule has 6 heteroatoms. The van der Waals surface area contributed by atoms with Gasteiger partial charge in [0.1, 0.15) is 0 Å². The number of rotatable bonds is 6. The van der Waals surface area contributed by atoms with Gasteiger partial charge in [-0.3, -0.25) is 9.59 Å². The van der Waals surface area contributed by atoms with Crippen LogP contribution < -0.4 is 5.32 Å². The third kappa shape index (κ3) is 3.84. The van der Waals surface area contributed by atoms with Crippen LogP contribution in [0.4, 0.5) is 0 Å². The van der Waals surface area contributed by atoms with Crippen LogP contribution in [0, 0.1) is 17.2 Å². The molecule has 0 bridgehead atoms. The van der Waals surface area contributed by atoms with Crippen LogP contribution in [0.5, 0.6) is 0 Å². The molecule has 6 nitrogen and oxygen atoms in total. The third-order valence-corrected chi connectivity index (χ3v) is 3.92. The van der Waals surface area contributed by atoms with E-state index in [0.29, 0.717) is 5.56 Å². The van der Waals surface area contributed by atoms with Gasteiger partial charge < -0.3 is 9.88 Å². The number of hydrogen-bond donors (Lipinski definition) is 1. The number of Topliss-reactive ketones (excluding diaryl/α,β-unsaturated/α-hetero) is 1. The number of nitrogens with one attached hydrogen (secondary N) is 1. The van der Waals surface area contributed by atoms with Gasteiger partial charge >= 0.3 is 0 Å². The predicted molar refractivity (Wildman–Crippen MR) is 95.3 cm³/mol. The van der Waals surface area contributed by atoms with E-state index in [-0.39, 0.29) is 6.54 Å². The molecule has 1 aromatic heterocycles. The van der Waals surface area contributed by atoms with Gasteiger partial charge in [0.2, 0.25) is 5.91 Å². The number of carbonyl (C=O) groups is 2. The molecule has 3 aromatic rings. The summed E-state index contributed by atoms with van der Waals surface area (Å²) in [5.41, 5.74) is 2.05. The number of hydrogen-bond acceptors (Lipinski definition) is 4. The largest absolute Gasteiger partial charge is 0.350 e. The van der Waals surface area contributed by atoms with Gasteiger partial charge in [0.05, 0.1) is 12.4 Å². The summed E-state index contributed by atoms with van der Waals surface area (Å²) in [6.07, 6.45) is 5.08. The Bertz CT molecular complexity index is 926. The first-order valence-corrected chi connectivity index (χ1v) is 8.03. The molecule has 0 aliphatic heterocycles.